The van der Waals surface area contributed by atoms with E-state index in [1.165, 1.54) is 22.3 Å². The van der Waals surface area contributed by atoms with Crippen molar-refractivity contribution < 1.29 is 0 Å². The maximum Gasteiger partial charge on any atom is 0.160 e. The molecule has 21 aromatic rings. The van der Waals surface area contributed by atoms with Crippen LogP contribution in [0.5, 0.6) is 0 Å². The topological polar surface area (TPSA) is 157 Å². The maximum absolute atomic E-state index is 11.1. The Morgan fingerprint density at radius 2 is 0.523 bits per heavy atom. The van der Waals surface area contributed by atoms with Crippen LogP contribution in [-0.2, 0) is 12.8 Å². The average molecular weight is 1630 g/mol. The number of para-hydroxylation sites is 1. The smallest absolute Gasteiger partial charge is 0.160 e. The minimum Gasteiger partial charge on any atom is -0.308 e. The summed E-state index contributed by atoms with van der Waals surface area (Å²) in [7, 11) is 0. The first kappa shape index (κ1) is 77.8. The van der Waals surface area contributed by atoms with Crippen LogP contribution >= 0.6 is 0 Å². The molecular weight excluding hydrogens is 1560 g/mol. The summed E-state index contributed by atoms with van der Waals surface area (Å²) in [5, 5.41) is 48.5. The van der Waals surface area contributed by atoms with Crippen molar-refractivity contribution in [2.75, 3.05) is 0 Å². The number of hydrogen-bond donors (Lipinski definition) is 0. The van der Waals surface area contributed by atoms with E-state index in [4.69, 9.17) is 19.9 Å². The fourth-order valence-electron chi connectivity index (χ4n) is 18.4. The molecule has 598 valence electrons. The van der Waals surface area contributed by atoms with E-state index in [2.05, 4.69) is 266 Å². The quantitative estimate of drug-likeness (QED) is 0.0822. The van der Waals surface area contributed by atoms with Gasteiger partial charge in [0.05, 0.1) is 103 Å². The summed E-state index contributed by atoms with van der Waals surface area (Å²) in [6.45, 7) is 4.32. The molecular formula is C118H76N10. The van der Waals surface area contributed by atoms with Gasteiger partial charge in [-0.15, -0.1) is 0 Å². The van der Waals surface area contributed by atoms with Crippen molar-refractivity contribution in [3.8, 4) is 181 Å². The molecule has 0 bridgehead atoms. The van der Waals surface area contributed by atoms with Crippen LogP contribution in [0.25, 0.3) is 201 Å². The van der Waals surface area contributed by atoms with Gasteiger partial charge in [0.25, 0.3) is 0 Å². The molecule has 0 spiro atoms. The van der Waals surface area contributed by atoms with Gasteiger partial charge in [-0.25, -0.2) is 19.9 Å². The van der Waals surface area contributed by atoms with Gasteiger partial charge in [-0.05, 0) is 180 Å². The van der Waals surface area contributed by atoms with E-state index in [-0.39, 0.29) is 0 Å². The molecule has 0 saturated heterocycles. The van der Waals surface area contributed by atoms with Crippen LogP contribution in [0.1, 0.15) is 44.5 Å². The van der Waals surface area contributed by atoms with E-state index in [1.54, 1.807) is 0 Å². The van der Waals surface area contributed by atoms with Crippen molar-refractivity contribution in [1.82, 2.24) is 29.1 Å². The third-order valence-corrected chi connectivity index (χ3v) is 24.7. The van der Waals surface area contributed by atoms with E-state index in [0.717, 1.165) is 196 Å². The molecule has 0 aliphatic heterocycles. The Kier molecular flexibility index (Phi) is 20.3. The molecule has 0 unspecified atom stereocenters. The normalized spacial score (nSPS) is 11.2. The molecule has 0 aliphatic rings. The molecule has 0 atom stereocenters. The zero-order valence-electron chi connectivity index (χ0n) is 70.0. The van der Waals surface area contributed by atoms with Gasteiger partial charge in [-0.1, -0.05) is 303 Å². The van der Waals surface area contributed by atoms with Crippen molar-refractivity contribution in [1.29, 1.82) is 21.0 Å². The summed E-state index contributed by atoms with van der Waals surface area (Å²) in [5.41, 5.74) is 33.0. The Morgan fingerprint density at radius 1 is 0.219 bits per heavy atom. The van der Waals surface area contributed by atoms with Crippen LogP contribution in [-0.4, -0.2) is 29.1 Å². The molecule has 0 amide bonds. The molecule has 128 heavy (non-hydrogen) atoms. The summed E-state index contributed by atoms with van der Waals surface area (Å²) in [4.78, 5) is 21.4. The lowest BCUT2D eigenvalue weighted by Crippen LogP contribution is -2.04. The van der Waals surface area contributed by atoms with Gasteiger partial charge >= 0.3 is 0 Å². The molecule has 0 aliphatic carbocycles. The first-order valence-electron chi connectivity index (χ1n) is 42.8. The molecule has 0 saturated carbocycles. The van der Waals surface area contributed by atoms with Gasteiger partial charge in [0.1, 0.15) is 0 Å². The monoisotopic (exact) mass is 1630 g/mol. The van der Waals surface area contributed by atoms with Crippen molar-refractivity contribution in [2.24, 2.45) is 0 Å². The lowest BCUT2D eigenvalue weighted by atomic mass is 9.89. The fraction of sp³-hybridized carbons (Fsp3) is 0.0339. The highest BCUT2D eigenvalue weighted by Gasteiger charge is 2.29. The number of aromatic nitrogens is 6. The predicted molar refractivity (Wildman–Crippen MR) is 519 cm³/mol. The first-order valence-corrected chi connectivity index (χ1v) is 42.8. The number of aryl methyl sites for hydroxylation is 4. The van der Waals surface area contributed by atoms with E-state index in [1.807, 2.05) is 182 Å². The molecule has 10 heteroatoms. The van der Waals surface area contributed by atoms with Crippen LogP contribution in [0, 0.1) is 59.2 Å². The molecule has 0 N–H and O–H groups in total. The standard InChI is InChI=1S/C118H76N10/c1-75-43-50-79(51-44-75)85-54-58-113-101(62-85)102-63-86(55-59-114(102)128(113)116-105(97-39-21-17-35-90(97)73-121)67-93(68-106(116)98-40-22-18-36-91(98)74-122)118-125-109(83-29-11-5-12-30-83)70-110(126-118)84-31-13-6-14-32-84)80-52-47-77(48-53-80)45-46-78-49-57-94(76(2)61-78)87-56-60-112-100(64-87)99-41-23-24-42-111(99)127(112)115-103(95-37-19-15-33-88(95)71-119)65-92(66-104(115)96-38-20-16-34-89(96)72-120)117-123-107(81-25-7-3-8-26-81)69-108(124-117)82-27-9-4-10-28-82/h3-44,47-70H,45-46H2,1-2H3. The summed E-state index contributed by atoms with van der Waals surface area (Å²) >= 11 is 0. The van der Waals surface area contributed by atoms with E-state index < -0.39 is 0 Å². The van der Waals surface area contributed by atoms with Gasteiger partial charge in [0.2, 0.25) is 0 Å². The maximum atomic E-state index is 11.1. The van der Waals surface area contributed by atoms with Crippen LogP contribution in [0.3, 0.4) is 0 Å². The lowest BCUT2D eigenvalue weighted by Gasteiger charge is -2.22. The molecule has 17 aromatic carbocycles. The first-order chi connectivity index (χ1) is 63.1. The van der Waals surface area contributed by atoms with E-state index in [9.17, 15) is 21.0 Å². The Labute approximate surface area is 741 Å². The van der Waals surface area contributed by atoms with Gasteiger partial charge in [0.15, 0.2) is 11.6 Å². The molecule has 10 nitrogen and oxygen atoms in total. The number of hydrogen-bond acceptors (Lipinski definition) is 8. The second kappa shape index (κ2) is 33.4. The summed E-state index contributed by atoms with van der Waals surface area (Å²) in [5.74, 6) is 0.992. The van der Waals surface area contributed by atoms with Crippen LogP contribution in [0.4, 0.5) is 0 Å². The summed E-state index contributed by atoms with van der Waals surface area (Å²) < 4.78 is 4.66. The number of nitriles is 4. The molecule has 4 aromatic heterocycles. The summed E-state index contributed by atoms with van der Waals surface area (Å²) in [6, 6.07) is 148. The second-order valence-corrected chi connectivity index (χ2v) is 32.5. The van der Waals surface area contributed by atoms with Crippen LogP contribution < -0.4 is 0 Å². The van der Waals surface area contributed by atoms with Gasteiger partial charge in [-0.3, -0.25) is 0 Å². The van der Waals surface area contributed by atoms with E-state index in [0.29, 0.717) is 39.5 Å². The Hall–Kier alpha value is -17.5. The third kappa shape index (κ3) is 14.4. The highest BCUT2D eigenvalue weighted by Crippen LogP contribution is 2.50. The SMILES string of the molecule is Cc1ccc(-c2ccc3c(c2)c2cc(-c4ccc(CCc5ccc(-c6ccc7c(c6)c6ccccc6n7-c6c(-c7ccccc7C#N)cc(-c7nc(-c8ccccc8)cc(-c8ccccc8)n7)cc6-c6ccccc6C#N)c(C)c5)cc4)ccc2n3-c2c(-c3ccccc3C#N)cc(-c3nc(-c4ccccc4)cc(-c4ccccc4)n3)cc2-c2ccccc2C#N)cc1. The van der Waals surface area contributed by atoms with Crippen molar-refractivity contribution in [3.63, 3.8) is 0 Å². The Balaban J connectivity index is 0.640. The number of benzene rings is 17. The summed E-state index contributed by atoms with van der Waals surface area (Å²) in [6.07, 6.45) is 1.66. The number of rotatable bonds is 18. The fourth-order valence-corrected chi connectivity index (χ4v) is 18.4. The Bertz CT molecular complexity index is 7890. The average Bonchev–Trinajstić information content (AvgIpc) is 1.42. The molecule has 4 heterocycles. The van der Waals surface area contributed by atoms with Crippen molar-refractivity contribution >= 4 is 43.6 Å². The minimum absolute atomic E-state index is 0.493. The van der Waals surface area contributed by atoms with Gasteiger partial charge in [0, 0.05) is 99.4 Å². The lowest BCUT2D eigenvalue weighted by molar-refractivity contribution is 0.958. The van der Waals surface area contributed by atoms with Crippen molar-refractivity contribution in [3.05, 3.63) is 445 Å². The van der Waals surface area contributed by atoms with E-state index >= 15 is 0 Å². The van der Waals surface area contributed by atoms with Gasteiger partial charge in [-0.2, -0.15) is 21.0 Å². The van der Waals surface area contributed by atoms with Crippen LogP contribution in [0.2, 0.25) is 0 Å². The number of fused-ring (bicyclic) bond motifs is 6. The minimum atomic E-state index is 0.493. The molecule has 0 fully saturated rings. The molecule has 0 radical (unpaired) electrons. The highest BCUT2D eigenvalue weighted by molar-refractivity contribution is 6.15. The highest BCUT2D eigenvalue weighted by atomic mass is 15.0. The van der Waals surface area contributed by atoms with Crippen molar-refractivity contribution in [2.45, 2.75) is 26.7 Å². The third-order valence-electron chi connectivity index (χ3n) is 24.7. The van der Waals surface area contributed by atoms with Gasteiger partial charge < -0.3 is 9.13 Å². The predicted octanol–water partition coefficient (Wildman–Crippen LogP) is 29.0. The second-order valence-electron chi connectivity index (χ2n) is 32.5. The molecule has 21 rings (SSSR count). The van der Waals surface area contributed by atoms with Crippen LogP contribution in [0.15, 0.2) is 400 Å². The number of nitrogens with zero attached hydrogens (tertiary/aromatic N) is 10. The Morgan fingerprint density at radius 3 is 0.906 bits per heavy atom. The zero-order chi connectivity index (χ0) is 86.3. The zero-order valence-corrected chi connectivity index (χ0v) is 70.0. The largest absolute Gasteiger partial charge is 0.308 e.